The number of hydrogen-bond donors (Lipinski definition) is 1. The fourth-order valence-corrected chi connectivity index (χ4v) is 1.73. The van der Waals surface area contributed by atoms with Crippen molar-refractivity contribution >= 4 is 11.7 Å². The van der Waals surface area contributed by atoms with E-state index in [4.69, 9.17) is 15.2 Å². The number of carbonyl (C=O) groups excluding carboxylic acids is 1. The molecule has 1 heterocycles. The summed E-state index contributed by atoms with van der Waals surface area (Å²) in [5.41, 5.74) is 4.66. The van der Waals surface area contributed by atoms with Gasteiger partial charge >= 0.3 is 5.97 Å². The summed E-state index contributed by atoms with van der Waals surface area (Å²) in [5, 5.41) is 0. The van der Waals surface area contributed by atoms with Crippen LogP contribution in [-0.4, -0.2) is 25.3 Å². The highest BCUT2D eigenvalue weighted by molar-refractivity contribution is 5.90. The summed E-state index contributed by atoms with van der Waals surface area (Å²) in [7, 11) is 0. The van der Waals surface area contributed by atoms with E-state index in [9.17, 15) is 13.6 Å². The molecule has 0 atom stereocenters. The van der Waals surface area contributed by atoms with E-state index in [1.165, 1.54) is 0 Å². The standard InChI is InChI=1S/C12H13F2NO3/c13-9-6-10(14)11(15)5-8(9)12(16)18-7-1-3-17-4-2-7/h5-7H,1-4,15H2. The number of ether oxygens (including phenoxy) is 2. The number of carbonyl (C=O) groups is 1. The van der Waals surface area contributed by atoms with Crippen molar-refractivity contribution in [3.05, 3.63) is 29.3 Å². The minimum absolute atomic E-state index is 0.282. The van der Waals surface area contributed by atoms with Crippen molar-refractivity contribution in [3.8, 4) is 0 Å². The van der Waals surface area contributed by atoms with Gasteiger partial charge in [0.15, 0.2) is 0 Å². The molecule has 6 heteroatoms. The molecule has 0 aromatic heterocycles. The molecule has 1 saturated heterocycles. The molecule has 0 bridgehead atoms. The number of halogens is 2. The molecule has 2 N–H and O–H groups in total. The van der Waals surface area contributed by atoms with Crippen LogP contribution in [0.4, 0.5) is 14.5 Å². The second-order valence-electron chi connectivity index (χ2n) is 4.07. The van der Waals surface area contributed by atoms with Crippen molar-refractivity contribution in [2.24, 2.45) is 0 Å². The summed E-state index contributed by atoms with van der Waals surface area (Å²) in [6.45, 7) is 1.01. The molecule has 1 aromatic rings. The Kier molecular flexibility index (Phi) is 3.76. The van der Waals surface area contributed by atoms with Gasteiger partial charge in [0.25, 0.3) is 0 Å². The summed E-state index contributed by atoms with van der Waals surface area (Å²) < 4.78 is 36.6. The van der Waals surface area contributed by atoms with Gasteiger partial charge in [0.1, 0.15) is 17.7 Å². The highest BCUT2D eigenvalue weighted by atomic mass is 19.1. The number of hydrogen-bond acceptors (Lipinski definition) is 4. The zero-order valence-corrected chi connectivity index (χ0v) is 9.62. The molecule has 4 nitrogen and oxygen atoms in total. The lowest BCUT2D eigenvalue weighted by Crippen LogP contribution is -2.26. The Bertz CT molecular complexity index is 459. The van der Waals surface area contributed by atoms with Crippen LogP contribution < -0.4 is 5.73 Å². The molecule has 1 aliphatic rings. The van der Waals surface area contributed by atoms with Crippen LogP contribution in [0.5, 0.6) is 0 Å². The van der Waals surface area contributed by atoms with Crippen molar-refractivity contribution in [1.29, 1.82) is 0 Å². The second kappa shape index (κ2) is 5.30. The predicted molar refractivity (Wildman–Crippen MR) is 60.0 cm³/mol. The van der Waals surface area contributed by atoms with Crippen LogP contribution in [0, 0.1) is 11.6 Å². The van der Waals surface area contributed by atoms with Gasteiger partial charge in [-0.25, -0.2) is 13.6 Å². The van der Waals surface area contributed by atoms with Gasteiger partial charge in [-0.3, -0.25) is 0 Å². The monoisotopic (exact) mass is 257 g/mol. The molecule has 0 aliphatic carbocycles. The number of rotatable bonds is 2. The third kappa shape index (κ3) is 2.76. The molecule has 1 aromatic carbocycles. The summed E-state index contributed by atoms with van der Waals surface area (Å²) in [4.78, 5) is 11.7. The molecule has 0 radical (unpaired) electrons. The van der Waals surface area contributed by atoms with Gasteiger partial charge in [0.2, 0.25) is 0 Å². The van der Waals surface area contributed by atoms with E-state index in [2.05, 4.69) is 0 Å². The molecule has 0 saturated carbocycles. The number of esters is 1. The maximum absolute atomic E-state index is 13.4. The lowest BCUT2D eigenvalue weighted by atomic mass is 10.1. The van der Waals surface area contributed by atoms with Crippen LogP contribution >= 0.6 is 0 Å². The number of anilines is 1. The maximum Gasteiger partial charge on any atom is 0.341 e. The Morgan fingerprint density at radius 3 is 2.61 bits per heavy atom. The van der Waals surface area contributed by atoms with Crippen molar-refractivity contribution in [2.75, 3.05) is 18.9 Å². The first-order chi connectivity index (χ1) is 8.58. The Morgan fingerprint density at radius 1 is 1.28 bits per heavy atom. The maximum atomic E-state index is 13.4. The van der Waals surface area contributed by atoms with Crippen molar-refractivity contribution in [2.45, 2.75) is 18.9 Å². The second-order valence-corrected chi connectivity index (χ2v) is 4.07. The zero-order valence-electron chi connectivity index (χ0n) is 9.62. The quantitative estimate of drug-likeness (QED) is 0.649. The number of nitrogens with two attached hydrogens (primary N) is 1. The van der Waals surface area contributed by atoms with Crippen LogP contribution in [0.15, 0.2) is 12.1 Å². The lowest BCUT2D eigenvalue weighted by Gasteiger charge is -2.22. The summed E-state index contributed by atoms with van der Waals surface area (Å²) in [6.07, 6.45) is 0.852. The van der Waals surface area contributed by atoms with E-state index in [1.807, 2.05) is 0 Å². The molecule has 18 heavy (non-hydrogen) atoms. The average molecular weight is 257 g/mol. The fraction of sp³-hybridized carbons (Fsp3) is 0.417. The summed E-state index contributed by atoms with van der Waals surface area (Å²) in [5.74, 6) is -2.69. The molecule has 98 valence electrons. The fourth-order valence-electron chi connectivity index (χ4n) is 1.73. The van der Waals surface area contributed by atoms with E-state index in [0.717, 1.165) is 6.07 Å². The molecule has 0 amide bonds. The van der Waals surface area contributed by atoms with E-state index in [0.29, 0.717) is 32.1 Å². The van der Waals surface area contributed by atoms with E-state index < -0.39 is 17.6 Å². The average Bonchev–Trinajstić information content (AvgIpc) is 2.35. The zero-order chi connectivity index (χ0) is 13.1. The molecule has 1 aliphatic heterocycles. The van der Waals surface area contributed by atoms with Gasteiger partial charge in [0.05, 0.1) is 24.5 Å². The van der Waals surface area contributed by atoms with Crippen LogP contribution in [0.2, 0.25) is 0 Å². The number of nitrogen functional groups attached to an aromatic ring is 1. The molecule has 0 unspecified atom stereocenters. The lowest BCUT2D eigenvalue weighted by molar-refractivity contribution is -0.0162. The smallest absolute Gasteiger partial charge is 0.341 e. The third-order valence-corrected chi connectivity index (χ3v) is 2.75. The predicted octanol–water partition coefficient (Wildman–Crippen LogP) is 1.88. The highest BCUT2D eigenvalue weighted by Crippen LogP contribution is 2.19. The van der Waals surface area contributed by atoms with Gasteiger partial charge < -0.3 is 15.2 Å². The van der Waals surface area contributed by atoms with Crippen molar-refractivity contribution < 1.29 is 23.0 Å². The van der Waals surface area contributed by atoms with Gasteiger partial charge in [-0.15, -0.1) is 0 Å². The number of benzene rings is 1. The molecule has 1 fully saturated rings. The molecule has 0 spiro atoms. The van der Waals surface area contributed by atoms with Gasteiger partial charge in [-0.1, -0.05) is 0 Å². The Morgan fingerprint density at radius 2 is 1.94 bits per heavy atom. The van der Waals surface area contributed by atoms with E-state index in [-0.39, 0.29) is 17.4 Å². The third-order valence-electron chi connectivity index (χ3n) is 2.75. The van der Waals surface area contributed by atoms with E-state index in [1.54, 1.807) is 0 Å². The topological polar surface area (TPSA) is 61.6 Å². The normalized spacial score (nSPS) is 16.6. The van der Waals surface area contributed by atoms with Crippen LogP contribution in [0.1, 0.15) is 23.2 Å². The van der Waals surface area contributed by atoms with Gasteiger partial charge in [-0.05, 0) is 6.07 Å². The van der Waals surface area contributed by atoms with Crippen molar-refractivity contribution in [1.82, 2.24) is 0 Å². The van der Waals surface area contributed by atoms with Crippen LogP contribution in [-0.2, 0) is 9.47 Å². The SMILES string of the molecule is Nc1cc(C(=O)OC2CCOCC2)c(F)cc1F. The molecular formula is C12H13F2NO3. The Hall–Kier alpha value is -1.69. The first-order valence-electron chi connectivity index (χ1n) is 5.61. The van der Waals surface area contributed by atoms with Gasteiger partial charge in [-0.2, -0.15) is 0 Å². The van der Waals surface area contributed by atoms with E-state index >= 15 is 0 Å². The minimum atomic E-state index is -0.973. The van der Waals surface area contributed by atoms with Crippen molar-refractivity contribution in [3.63, 3.8) is 0 Å². The Labute approximate surface area is 103 Å². The van der Waals surface area contributed by atoms with Gasteiger partial charge in [0, 0.05) is 18.9 Å². The highest BCUT2D eigenvalue weighted by Gasteiger charge is 2.22. The van der Waals surface area contributed by atoms with Crippen LogP contribution in [0.3, 0.4) is 0 Å². The molecular weight excluding hydrogens is 244 g/mol. The summed E-state index contributed by atoms with van der Waals surface area (Å²) in [6, 6.07) is 1.53. The Balaban J connectivity index is 2.10. The van der Waals surface area contributed by atoms with Crippen LogP contribution in [0.25, 0.3) is 0 Å². The molecule has 2 rings (SSSR count). The largest absolute Gasteiger partial charge is 0.459 e. The first-order valence-corrected chi connectivity index (χ1v) is 5.61. The minimum Gasteiger partial charge on any atom is -0.459 e. The first kappa shape index (κ1) is 12.8. The summed E-state index contributed by atoms with van der Waals surface area (Å²) >= 11 is 0.